The van der Waals surface area contributed by atoms with Crippen molar-refractivity contribution < 1.29 is 40.7 Å². The second kappa shape index (κ2) is 14.0. The molecule has 0 bridgehead atoms. The molecule has 4 N–H and O–H groups in total. The van der Waals surface area contributed by atoms with E-state index in [1.807, 2.05) is 24.4 Å². The standard InChI is InChI=1S/C16H15F6N5O.C13H16N2O2/c17-10-6-12(19)11(18)4-8(10)3-9(23)5-14(28)26-1-2-27-13(7-26)24-25-15(27)16(20,21)22;1-9(16)14-6-5-10-8-15-13-4-3-11(17-2)7-12(10)13/h4,6,9H,1-3,5,7,23H2;3-4,7-8,15H,5-6H2,1-2H3,(H,14,16)/t9-;/m1./s1. The number of carbonyl (C=O) groups is 2. The van der Waals surface area contributed by atoms with Crippen LogP contribution in [0.1, 0.15) is 36.1 Å². The first kappa shape index (κ1) is 33.3. The van der Waals surface area contributed by atoms with Crippen molar-refractivity contribution in [2.45, 2.75) is 51.5 Å². The van der Waals surface area contributed by atoms with Crippen LogP contribution in [0.2, 0.25) is 0 Å². The number of alkyl halides is 3. The van der Waals surface area contributed by atoms with Gasteiger partial charge in [0.25, 0.3) is 0 Å². The summed E-state index contributed by atoms with van der Waals surface area (Å²) in [6.45, 7) is 1.88. The van der Waals surface area contributed by atoms with Crippen molar-refractivity contribution >= 4 is 22.7 Å². The number of fused-ring (bicyclic) bond motifs is 2. The van der Waals surface area contributed by atoms with Gasteiger partial charge in [0.05, 0.1) is 13.7 Å². The molecule has 1 aliphatic rings. The summed E-state index contributed by atoms with van der Waals surface area (Å²) in [5.41, 5.74) is 7.91. The number of carbonyl (C=O) groups excluding carboxylic acids is 2. The molecule has 2 aromatic carbocycles. The molecule has 0 fully saturated rings. The van der Waals surface area contributed by atoms with Gasteiger partial charge < -0.3 is 30.2 Å². The van der Waals surface area contributed by atoms with Gasteiger partial charge in [-0.1, -0.05) is 0 Å². The molecule has 0 aliphatic carbocycles. The zero-order chi connectivity index (χ0) is 32.9. The van der Waals surface area contributed by atoms with Crippen molar-refractivity contribution in [1.82, 2.24) is 30.0 Å². The SMILES string of the molecule is COc1ccc2[nH]cc(CCNC(C)=O)c2c1.N[C@@H](CC(=O)N1CCn2c(nnc2C(F)(F)F)C1)Cc1cc(F)c(F)cc1F. The Labute approximate surface area is 253 Å². The summed E-state index contributed by atoms with van der Waals surface area (Å²) < 4.78 is 84.5. The number of methoxy groups -OCH3 is 1. The van der Waals surface area contributed by atoms with Crippen LogP contribution in [0.5, 0.6) is 5.75 Å². The van der Waals surface area contributed by atoms with E-state index in [-0.39, 0.29) is 49.8 Å². The lowest BCUT2D eigenvalue weighted by Crippen LogP contribution is -2.42. The predicted molar refractivity (Wildman–Crippen MR) is 150 cm³/mol. The lowest BCUT2D eigenvalue weighted by Gasteiger charge is -2.29. The van der Waals surface area contributed by atoms with Gasteiger partial charge in [0.15, 0.2) is 17.5 Å². The average Bonchev–Trinajstić information content (AvgIpc) is 3.59. The van der Waals surface area contributed by atoms with Crippen molar-refractivity contribution in [1.29, 1.82) is 0 Å². The number of nitrogens with two attached hydrogens (primary N) is 1. The van der Waals surface area contributed by atoms with Crippen molar-refractivity contribution in [3.05, 3.63) is 76.8 Å². The molecule has 1 atom stereocenters. The second-order valence-electron chi connectivity index (χ2n) is 10.4. The Bertz CT molecular complexity index is 1670. The molecule has 0 radical (unpaired) electrons. The Morgan fingerprint density at radius 2 is 1.80 bits per heavy atom. The van der Waals surface area contributed by atoms with Crippen molar-refractivity contribution in [2.75, 3.05) is 20.2 Å². The monoisotopic (exact) mass is 639 g/mol. The highest BCUT2D eigenvalue weighted by Crippen LogP contribution is 2.29. The number of amides is 2. The van der Waals surface area contributed by atoms with E-state index in [2.05, 4.69) is 20.5 Å². The van der Waals surface area contributed by atoms with E-state index in [1.165, 1.54) is 17.4 Å². The van der Waals surface area contributed by atoms with Crippen molar-refractivity contribution in [3.63, 3.8) is 0 Å². The summed E-state index contributed by atoms with van der Waals surface area (Å²) in [5, 5.41) is 10.5. The fourth-order valence-corrected chi connectivity index (χ4v) is 4.87. The molecule has 2 aromatic heterocycles. The molecule has 10 nitrogen and oxygen atoms in total. The Morgan fingerprint density at radius 3 is 2.49 bits per heavy atom. The van der Waals surface area contributed by atoms with Gasteiger partial charge in [-0.25, -0.2) is 13.2 Å². The molecule has 45 heavy (non-hydrogen) atoms. The molecule has 16 heteroatoms. The number of benzene rings is 2. The zero-order valence-corrected chi connectivity index (χ0v) is 24.3. The molecule has 0 saturated heterocycles. The minimum Gasteiger partial charge on any atom is -0.497 e. The van der Waals surface area contributed by atoms with E-state index >= 15 is 0 Å². The third-order valence-corrected chi connectivity index (χ3v) is 7.11. The molecule has 242 valence electrons. The molecule has 0 unspecified atom stereocenters. The van der Waals surface area contributed by atoms with E-state index in [1.54, 1.807) is 7.11 Å². The smallest absolute Gasteiger partial charge is 0.451 e. The molecule has 4 aromatic rings. The molecule has 3 heterocycles. The maximum Gasteiger partial charge on any atom is 0.451 e. The zero-order valence-electron chi connectivity index (χ0n) is 24.3. The van der Waals surface area contributed by atoms with E-state index in [0.717, 1.165) is 27.6 Å². The van der Waals surface area contributed by atoms with Gasteiger partial charge in [-0.15, -0.1) is 10.2 Å². The van der Waals surface area contributed by atoms with Crippen LogP contribution in [-0.2, 0) is 41.7 Å². The highest BCUT2D eigenvalue weighted by molar-refractivity contribution is 5.84. The largest absolute Gasteiger partial charge is 0.497 e. The lowest BCUT2D eigenvalue weighted by molar-refractivity contribution is -0.148. The summed E-state index contributed by atoms with van der Waals surface area (Å²) >= 11 is 0. The molecule has 0 saturated carbocycles. The van der Waals surface area contributed by atoms with Crippen LogP contribution in [-0.4, -0.2) is 62.7 Å². The Balaban J connectivity index is 0.000000231. The van der Waals surface area contributed by atoms with E-state index in [9.17, 15) is 35.9 Å². The van der Waals surface area contributed by atoms with Crippen LogP contribution in [0, 0.1) is 17.5 Å². The minimum atomic E-state index is -4.64. The number of hydrogen-bond acceptors (Lipinski definition) is 6. The summed E-state index contributed by atoms with van der Waals surface area (Å²) in [6, 6.07) is 6.12. The lowest BCUT2D eigenvalue weighted by atomic mass is 10.0. The first-order chi connectivity index (χ1) is 21.3. The van der Waals surface area contributed by atoms with Gasteiger partial charge in [-0.3, -0.25) is 9.59 Å². The molecule has 5 rings (SSSR count). The molecule has 0 spiro atoms. The summed E-state index contributed by atoms with van der Waals surface area (Å²) in [4.78, 5) is 27.6. The Hall–Kier alpha value is -4.60. The van der Waals surface area contributed by atoms with Crippen LogP contribution >= 0.6 is 0 Å². The number of ether oxygens (including phenoxy) is 1. The third kappa shape index (κ3) is 8.32. The van der Waals surface area contributed by atoms with Crippen molar-refractivity contribution in [3.8, 4) is 5.75 Å². The van der Waals surface area contributed by atoms with Gasteiger partial charge in [0, 0.05) is 62.2 Å². The van der Waals surface area contributed by atoms with Crippen LogP contribution in [0.25, 0.3) is 10.9 Å². The highest BCUT2D eigenvalue weighted by Gasteiger charge is 2.40. The van der Waals surface area contributed by atoms with Gasteiger partial charge >= 0.3 is 6.18 Å². The first-order valence-electron chi connectivity index (χ1n) is 13.8. The van der Waals surface area contributed by atoms with Gasteiger partial charge in [-0.05, 0) is 48.2 Å². The highest BCUT2D eigenvalue weighted by atomic mass is 19.4. The molecular weight excluding hydrogens is 608 g/mol. The number of aromatic nitrogens is 4. The van der Waals surface area contributed by atoms with E-state index in [4.69, 9.17) is 10.5 Å². The number of H-pyrrole nitrogens is 1. The number of hydrogen-bond donors (Lipinski definition) is 3. The van der Waals surface area contributed by atoms with Gasteiger partial charge in [0.1, 0.15) is 11.6 Å². The Kier molecular flexibility index (Phi) is 10.4. The van der Waals surface area contributed by atoms with Crippen LogP contribution in [0.3, 0.4) is 0 Å². The number of nitrogens with one attached hydrogen (secondary N) is 2. The van der Waals surface area contributed by atoms with E-state index in [0.29, 0.717) is 18.7 Å². The number of nitrogens with zero attached hydrogens (tertiary/aromatic N) is 4. The molecule has 1 aliphatic heterocycles. The van der Waals surface area contributed by atoms with Crippen LogP contribution < -0.4 is 15.8 Å². The van der Waals surface area contributed by atoms with Crippen molar-refractivity contribution in [2.24, 2.45) is 5.73 Å². The molecule has 2 amide bonds. The molecular formula is C29H31F6N7O3. The average molecular weight is 640 g/mol. The van der Waals surface area contributed by atoms with Gasteiger partial charge in [0.2, 0.25) is 17.6 Å². The van der Waals surface area contributed by atoms with E-state index < -0.39 is 41.4 Å². The summed E-state index contributed by atoms with van der Waals surface area (Å²) in [7, 11) is 1.66. The second-order valence-corrected chi connectivity index (χ2v) is 10.4. The quantitative estimate of drug-likeness (QED) is 0.198. The maximum atomic E-state index is 13.7. The minimum absolute atomic E-state index is 0.000783. The summed E-state index contributed by atoms with van der Waals surface area (Å²) in [6.07, 6.45) is -2.32. The predicted octanol–water partition coefficient (Wildman–Crippen LogP) is 3.87. The number of aromatic amines is 1. The first-order valence-corrected chi connectivity index (χ1v) is 13.8. The topological polar surface area (TPSA) is 131 Å². The van der Waals surface area contributed by atoms with Crippen LogP contribution in [0.15, 0.2) is 36.5 Å². The van der Waals surface area contributed by atoms with Crippen LogP contribution in [0.4, 0.5) is 26.3 Å². The van der Waals surface area contributed by atoms with Gasteiger partial charge in [-0.2, -0.15) is 13.2 Å². The fraction of sp³-hybridized carbons (Fsp3) is 0.379. The Morgan fingerprint density at radius 1 is 1.07 bits per heavy atom. The normalized spacial score (nSPS) is 13.6. The number of halogens is 6. The number of rotatable bonds is 8. The third-order valence-electron chi connectivity index (χ3n) is 7.11. The maximum absolute atomic E-state index is 13.7. The summed E-state index contributed by atoms with van der Waals surface area (Å²) in [5.74, 6) is -4.30. The fourth-order valence-electron chi connectivity index (χ4n) is 4.87.